The lowest BCUT2D eigenvalue weighted by Crippen LogP contribution is -2.39. The zero-order valence-corrected chi connectivity index (χ0v) is 8.18. The van der Waals surface area contributed by atoms with E-state index >= 15 is 0 Å². The molecule has 0 spiro atoms. The molecule has 1 heterocycles. The van der Waals surface area contributed by atoms with Crippen LogP contribution in [0.2, 0.25) is 0 Å². The van der Waals surface area contributed by atoms with E-state index in [-0.39, 0.29) is 10.7 Å². The first kappa shape index (κ1) is 12.2. The maximum Gasteiger partial charge on any atom is 0.511 e. The van der Waals surface area contributed by atoms with Crippen LogP contribution in [0.4, 0.5) is 13.2 Å². The van der Waals surface area contributed by atoms with Crippen LogP contribution in [-0.2, 0) is 14.8 Å². The molecule has 1 aliphatic rings. The second-order valence-electron chi connectivity index (χ2n) is 3.13. The fourth-order valence-electron chi connectivity index (χ4n) is 1.29. The third-order valence-electron chi connectivity index (χ3n) is 2.13. The van der Waals surface area contributed by atoms with Gasteiger partial charge in [0.2, 0.25) is 0 Å². The van der Waals surface area contributed by atoms with Gasteiger partial charge >= 0.3 is 21.5 Å². The predicted molar refractivity (Wildman–Crippen MR) is 42.3 cm³/mol. The van der Waals surface area contributed by atoms with Gasteiger partial charge in [0.15, 0.2) is 0 Å². The van der Waals surface area contributed by atoms with Crippen molar-refractivity contribution in [2.75, 3.05) is 13.1 Å². The smallest absolute Gasteiger partial charge is 0.481 e. The van der Waals surface area contributed by atoms with Gasteiger partial charge in [-0.3, -0.25) is 4.79 Å². The minimum atomic E-state index is -5.37. The quantitative estimate of drug-likeness (QED) is 0.758. The number of aliphatic carboxylic acids is 1. The van der Waals surface area contributed by atoms with Crippen LogP contribution in [0.5, 0.6) is 0 Å². The number of sulfonamides is 1. The Balaban J connectivity index is 2.82. The summed E-state index contributed by atoms with van der Waals surface area (Å²) in [5.74, 6) is -2.34. The van der Waals surface area contributed by atoms with Crippen LogP contribution in [-0.4, -0.2) is 42.4 Å². The molecule has 1 unspecified atom stereocenters. The summed E-state index contributed by atoms with van der Waals surface area (Å²) >= 11 is 0. The van der Waals surface area contributed by atoms with E-state index < -0.39 is 40.5 Å². The molecule has 0 amide bonds. The highest BCUT2D eigenvalue weighted by molar-refractivity contribution is 7.90. The molecule has 88 valence electrons. The van der Waals surface area contributed by atoms with E-state index in [1.54, 1.807) is 0 Å². The van der Waals surface area contributed by atoms with Gasteiger partial charge in [-0.25, -0.2) is 8.42 Å². The van der Waals surface area contributed by atoms with Gasteiger partial charge in [-0.05, 0) is 6.42 Å². The van der Waals surface area contributed by atoms with Gasteiger partial charge in [-0.2, -0.15) is 17.5 Å². The van der Waals surface area contributed by atoms with Gasteiger partial charge in [0.25, 0.3) is 0 Å². The van der Waals surface area contributed by atoms with E-state index in [1.807, 2.05) is 0 Å². The summed E-state index contributed by atoms with van der Waals surface area (Å²) < 4.78 is 57.9. The predicted octanol–water partition coefficient (Wildman–Crippen LogP) is 0.242. The highest BCUT2D eigenvalue weighted by atomic mass is 32.2. The molecule has 1 saturated heterocycles. The Morgan fingerprint density at radius 1 is 1.40 bits per heavy atom. The van der Waals surface area contributed by atoms with E-state index in [1.165, 1.54) is 0 Å². The van der Waals surface area contributed by atoms with E-state index in [2.05, 4.69) is 0 Å². The van der Waals surface area contributed by atoms with Gasteiger partial charge < -0.3 is 5.11 Å². The number of rotatable bonds is 2. The van der Waals surface area contributed by atoms with Crippen molar-refractivity contribution in [2.45, 2.75) is 11.9 Å². The van der Waals surface area contributed by atoms with Crippen LogP contribution < -0.4 is 0 Å². The highest BCUT2D eigenvalue weighted by Gasteiger charge is 2.52. The fraction of sp³-hybridized carbons (Fsp3) is 0.833. The molecule has 9 heteroatoms. The first-order valence-corrected chi connectivity index (χ1v) is 5.39. The highest BCUT2D eigenvalue weighted by Crippen LogP contribution is 2.30. The number of halogens is 3. The van der Waals surface area contributed by atoms with Crippen LogP contribution in [0, 0.1) is 5.92 Å². The normalized spacial score (nSPS) is 24.3. The summed E-state index contributed by atoms with van der Waals surface area (Å²) in [7, 11) is -5.37. The standard InChI is InChI=1S/C6H8F3NO4S/c7-6(8,9)15(13,14)10-2-1-4(3-10)5(11)12/h4H,1-3H2,(H,11,12). The van der Waals surface area contributed by atoms with Crippen LogP contribution in [0.25, 0.3) is 0 Å². The minimum Gasteiger partial charge on any atom is -0.481 e. The van der Waals surface area contributed by atoms with Crippen molar-refractivity contribution in [3.63, 3.8) is 0 Å². The minimum absolute atomic E-state index is 0.0926. The molecule has 5 nitrogen and oxygen atoms in total. The molecule has 0 bridgehead atoms. The molecule has 1 atom stereocenters. The maximum absolute atomic E-state index is 12.0. The molecule has 1 N–H and O–H groups in total. The average molecular weight is 247 g/mol. The lowest BCUT2D eigenvalue weighted by molar-refractivity contribution is -0.141. The zero-order valence-electron chi connectivity index (χ0n) is 7.36. The Hall–Kier alpha value is -0.830. The Labute approximate surface area is 83.5 Å². The van der Waals surface area contributed by atoms with Crippen LogP contribution in [0.1, 0.15) is 6.42 Å². The Bertz CT molecular complexity index is 363. The number of carbonyl (C=O) groups is 1. The lowest BCUT2D eigenvalue weighted by Gasteiger charge is -2.17. The number of carboxylic acid groups (broad SMARTS) is 1. The van der Waals surface area contributed by atoms with Crippen molar-refractivity contribution in [1.29, 1.82) is 0 Å². The molecule has 1 aliphatic heterocycles. The molecular weight excluding hydrogens is 239 g/mol. The molecule has 0 aromatic carbocycles. The van der Waals surface area contributed by atoms with Gasteiger partial charge in [0.1, 0.15) is 0 Å². The van der Waals surface area contributed by atoms with Gasteiger partial charge in [0.05, 0.1) is 5.92 Å². The fourth-order valence-corrected chi connectivity index (χ4v) is 2.31. The van der Waals surface area contributed by atoms with Gasteiger partial charge in [-0.1, -0.05) is 0 Å². The summed E-state index contributed by atoms with van der Waals surface area (Å²) in [6.45, 7) is -1.02. The van der Waals surface area contributed by atoms with E-state index in [0.717, 1.165) is 0 Å². The summed E-state index contributed by atoms with van der Waals surface area (Å²) in [4.78, 5) is 10.4. The summed E-state index contributed by atoms with van der Waals surface area (Å²) in [5, 5.41) is 8.50. The molecule has 0 aromatic rings. The summed E-state index contributed by atoms with van der Waals surface area (Å²) in [6.07, 6.45) is -0.0926. The largest absolute Gasteiger partial charge is 0.511 e. The van der Waals surface area contributed by atoms with Crippen molar-refractivity contribution in [3.8, 4) is 0 Å². The van der Waals surface area contributed by atoms with Crippen LogP contribution >= 0.6 is 0 Å². The maximum atomic E-state index is 12.0. The Morgan fingerprint density at radius 3 is 2.27 bits per heavy atom. The SMILES string of the molecule is O=C(O)C1CCN(S(=O)(=O)C(F)(F)F)C1. The van der Waals surface area contributed by atoms with E-state index in [4.69, 9.17) is 5.11 Å². The second kappa shape index (κ2) is 3.63. The molecule has 0 aliphatic carbocycles. The first-order chi connectivity index (χ1) is 6.66. The summed E-state index contributed by atoms with van der Waals surface area (Å²) in [6, 6.07) is 0. The van der Waals surface area contributed by atoms with Crippen LogP contribution in [0.15, 0.2) is 0 Å². The third kappa shape index (κ3) is 2.23. The molecule has 0 aromatic heterocycles. The van der Waals surface area contributed by atoms with Gasteiger partial charge in [-0.15, -0.1) is 0 Å². The molecule has 0 radical (unpaired) electrons. The molecular formula is C6H8F3NO4S. The monoisotopic (exact) mass is 247 g/mol. The van der Waals surface area contributed by atoms with Crippen LogP contribution in [0.3, 0.4) is 0 Å². The summed E-state index contributed by atoms with van der Waals surface area (Å²) in [5.41, 5.74) is -5.36. The Kier molecular flexibility index (Phi) is 2.97. The second-order valence-corrected chi connectivity index (χ2v) is 5.06. The van der Waals surface area contributed by atoms with Crippen molar-refractivity contribution in [3.05, 3.63) is 0 Å². The van der Waals surface area contributed by atoms with Crippen molar-refractivity contribution in [2.24, 2.45) is 5.92 Å². The van der Waals surface area contributed by atoms with Crippen molar-refractivity contribution < 1.29 is 31.5 Å². The van der Waals surface area contributed by atoms with Gasteiger partial charge in [0, 0.05) is 13.1 Å². The zero-order chi connectivity index (χ0) is 11.9. The third-order valence-corrected chi connectivity index (χ3v) is 3.73. The van der Waals surface area contributed by atoms with Crippen molar-refractivity contribution in [1.82, 2.24) is 4.31 Å². The number of alkyl halides is 3. The molecule has 1 rings (SSSR count). The average Bonchev–Trinajstić information content (AvgIpc) is 2.49. The van der Waals surface area contributed by atoms with E-state index in [0.29, 0.717) is 0 Å². The lowest BCUT2D eigenvalue weighted by atomic mass is 10.1. The number of hydrogen-bond donors (Lipinski definition) is 1. The Morgan fingerprint density at radius 2 is 1.93 bits per heavy atom. The topological polar surface area (TPSA) is 74.7 Å². The number of nitrogens with zero attached hydrogens (tertiary/aromatic N) is 1. The first-order valence-electron chi connectivity index (χ1n) is 3.95. The number of hydrogen-bond acceptors (Lipinski definition) is 3. The van der Waals surface area contributed by atoms with E-state index in [9.17, 15) is 26.4 Å². The number of carboxylic acids is 1. The van der Waals surface area contributed by atoms with Crippen molar-refractivity contribution >= 4 is 16.0 Å². The molecule has 0 saturated carbocycles. The molecule has 1 fully saturated rings. The molecule has 15 heavy (non-hydrogen) atoms.